The minimum Gasteiger partial charge on any atom is -0.381 e. The van der Waals surface area contributed by atoms with Crippen LogP contribution in [0.4, 0.5) is 5.82 Å². The van der Waals surface area contributed by atoms with E-state index in [2.05, 4.69) is 5.10 Å². The fraction of sp³-hybridized carbons (Fsp3) is 0.700. The number of nitrogens with zero attached hydrogens (tertiary/aromatic N) is 3. The lowest BCUT2D eigenvalue weighted by Crippen LogP contribution is -2.47. The second kappa shape index (κ2) is 4.87. The molecular weight excluding hydrogens is 256 g/mol. The maximum Gasteiger partial charge on any atom is 0.248 e. The van der Waals surface area contributed by atoms with Gasteiger partial charge in [0.25, 0.3) is 0 Å². The van der Waals surface area contributed by atoms with Crippen LogP contribution in [0.5, 0.6) is 0 Å². The molecule has 7 nitrogen and oxygen atoms in total. The zero-order valence-electron chi connectivity index (χ0n) is 10.5. The van der Waals surface area contributed by atoms with Gasteiger partial charge < -0.3 is 10.5 Å². The van der Waals surface area contributed by atoms with E-state index in [4.69, 9.17) is 10.5 Å². The highest BCUT2D eigenvalue weighted by Crippen LogP contribution is 2.24. The lowest BCUT2D eigenvalue weighted by atomic mass is 10.3. The molecule has 0 aromatic carbocycles. The number of morpholine rings is 1. The van der Waals surface area contributed by atoms with Gasteiger partial charge in [0.1, 0.15) is 4.90 Å². The summed E-state index contributed by atoms with van der Waals surface area (Å²) in [5, 5.41) is 3.97. The van der Waals surface area contributed by atoms with Crippen LogP contribution in [0.3, 0.4) is 0 Å². The van der Waals surface area contributed by atoms with Crippen LogP contribution in [0, 0.1) is 0 Å². The topological polar surface area (TPSA) is 90.5 Å². The average molecular weight is 274 g/mol. The first kappa shape index (κ1) is 13.3. The molecule has 102 valence electrons. The molecule has 1 aliphatic heterocycles. The van der Waals surface area contributed by atoms with E-state index in [1.165, 1.54) is 15.2 Å². The summed E-state index contributed by atoms with van der Waals surface area (Å²) >= 11 is 0. The summed E-state index contributed by atoms with van der Waals surface area (Å²) in [5.74, 6) is 0.0514. The number of hydrogen-bond acceptors (Lipinski definition) is 5. The Morgan fingerprint density at radius 1 is 1.61 bits per heavy atom. The van der Waals surface area contributed by atoms with Gasteiger partial charge in [0.2, 0.25) is 10.0 Å². The quantitative estimate of drug-likeness (QED) is 0.831. The van der Waals surface area contributed by atoms with Crippen LogP contribution in [0.25, 0.3) is 0 Å². The van der Waals surface area contributed by atoms with Gasteiger partial charge in [0, 0.05) is 25.3 Å². The Hall–Kier alpha value is -1.12. The number of aryl methyl sites for hydroxylation is 1. The summed E-state index contributed by atoms with van der Waals surface area (Å²) in [6.07, 6.45) is 1.48. The van der Waals surface area contributed by atoms with Gasteiger partial charge in [-0.15, -0.1) is 0 Å². The molecule has 2 N–H and O–H groups in total. The van der Waals surface area contributed by atoms with Crippen molar-refractivity contribution < 1.29 is 13.2 Å². The van der Waals surface area contributed by atoms with Crippen molar-refractivity contribution in [3.05, 3.63) is 6.20 Å². The van der Waals surface area contributed by atoms with Crippen molar-refractivity contribution in [3.63, 3.8) is 0 Å². The van der Waals surface area contributed by atoms with E-state index in [9.17, 15) is 8.42 Å². The van der Waals surface area contributed by atoms with Gasteiger partial charge in [-0.05, 0) is 13.8 Å². The number of aromatic nitrogens is 2. The summed E-state index contributed by atoms with van der Waals surface area (Å²) in [4.78, 5) is 0.0816. The minimum absolute atomic E-state index is 0.0514. The largest absolute Gasteiger partial charge is 0.381 e. The molecule has 1 aromatic heterocycles. The van der Waals surface area contributed by atoms with Crippen LogP contribution in [0.2, 0.25) is 0 Å². The number of anilines is 1. The summed E-state index contributed by atoms with van der Waals surface area (Å²) in [6, 6.07) is -0.187. The molecule has 2 heterocycles. The summed E-state index contributed by atoms with van der Waals surface area (Å²) < 4.78 is 33.2. The Kier molecular flexibility index (Phi) is 3.60. The Balaban J connectivity index is 2.37. The number of nitrogen functional groups attached to an aromatic ring is 1. The normalized spacial score (nSPS) is 22.2. The molecule has 0 spiro atoms. The van der Waals surface area contributed by atoms with Crippen molar-refractivity contribution in [2.45, 2.75) is 31.3 Å². The van der Waals surface area contributed by atoms with E-state index < -0.39 is 10.0 Å². The number of hydrogen-bond donors (Lipinski definition) is 1. The first-order chi connectivity index (χ1) is 8.46. The molecule has 1 atom stereocenters. The van der Waals surface area contributed by atoms with Gasteiger partial charge in [-0.1, -0.05) is 0 Å². The smallest absolute Gasteiger partial charge is 0.248 e. The highest BCUT2D eigenvalue weighted by molar-refractivity contribution is 7.89. The first-order valence-corrected chi connectivity index (χ1v) is 7.33. The van der Waals surface area contributed by atoms with E-state index in [1.807, 2.05) is 13.8 Å². The third kappa shape index (κ3) is 2.23. The van der Waals surface area contributed by atoms with E-state index >= 15 is 0 Å². The van der Waals surface area contributed by atoms with Gasteiger partial charge >= 0.3 is 0 Å². The molecule has 18 heavy (non-hydrogen) atoms. The fourth-order valence-electron chi connectivity index (χ4n) is 1.97. The molecule has 1 aromatic rings. The molecular formula is C10H18N4O3S. The third-order valence-corrected chi connectivity index (χ3v) is 5.00. The van der Waals surface area contributed by atoms with Crippen molar-refractivity contribution in [1.82, 2.24) is 14.1 Å². The molecule has 1 fully saturated rings. The standard InChI is InChI=1S/C10H18N4O3S/c1-3-13-6-9(10(11)12-13)18(15,16)14-4-5-17-7-8(14)2/h6,8H,3-5,7H2,1-2H3,(H2,11,12)/t8-/m1/s1. The van der Waals surface area contributed by atoms with E-state index in [0.29, 0.717) is 26.3 Å². The third-order valence-electron chi connectivity index (χ3n) is 2.97. The van der Waals surface area contributed by atoms with E-state index in [1.54, 1.807) is 0 Å². The maximum absolute atomic E-state index is 12.5. The Bertz CT molecular complexity index is 525. The molecule has 0 saturated carbocycles. The van der Waals surface area contributed by atoms with Crippen LogP contribution < -0.4 is 5.73 Å². The second-order valence-electron chi connectivity index (χ2n) is 4.27. The van der Waals surface area contributed by atoms with Crippen LogP contribution in [0.1, 0.15) is 13.8 Å². The monoisotopic (exact) mass is 274 g/mol. The minimum atomic E-state index is -3.59. The molecule has 0 unspecified atom stereocenters. The highest BCUT2D eigenvalue weighted by Gasteiger charge is 2.34. The predicted octanol–water partition coefficient (Wildman–Crippen LogP) is -0.105. The number of sulfonamides is 1. The van der Waals surface area contributed by atoms with Gasteiger partial charge in [0.05, 0.1) is 13.2 Å². The van der Waals surface area contributed by atoms with Crippen molar-refractivity contribution in [2.24, 2.45) is 0 Å². The van der Waals surface area contributed by atoms with Crippen LogP contribution >= 0.6 is 0 Å². The number of rotatable bonds is 3. The molecule has 2 rings (SSSR count). The van der Waals surface area contributed by atoms with Crippen molar-refractivity contribution in [3.8, 4) is 0 Å². The Morgan fingerprint density at radius 2 is 2.33 bits per heavy atom. The number of nitrogens with two attached hydrogens (primary N) is 1. The Morgan fingerprint density at radius 3 is 2.89 bits per heavy atom. The zero-order valence-corrected chi connectivity index (χ0v) is 11.4. The lowest BCUT2D eigenvalue weighted by Gasteiger charge is -2.31. The van der Waals surface area contributed by atoms with Gasteiger partial charge in [0.15, 0.2) is 5.82 Å². The molecule has 0 aliphatic carbocycles. The van der Waals surface area contributed by atoms with Crippen molar-refractivity contribution >= 4 is 15.8 Å². The van der Waals surface area contributed by atoms with E-state index in [0.717, 1.165) is 0 Å². The first-order valence-electron chi connectivity index (χ1n) is 5.89. The summed E-state index contributed by atoms with van der Waals surface area (Å²) in [7, 11) is -3.59. The second-order valence-corrected chi connectivity index (χ2v) is 6.13. The maximum atomic E-state index is 12.5. The van der Waals surface area contributed by atoms with Crippen molar-refractivity contribution in [1.29, 1.82) is 0 Å². The summed E-state index contributed by atoms with van der Waals surface area (Å²) in [5.41, 5.74) is 5.69. The highest BCUT2D eigenvalue weighted by atomic mass is 32.2. The molecule has 1 aliphatic rings. The SMILES string of the molecule is CCn1cc(S(=O)(=O)N2CCOC[C@H]2C)c(N)n1. The van der Waals surface area contributed by atoms with Crippen LogP contribution in [-0.2, 0) is 21.3 Å². The predicted molar refractivity (Wildman–Crippen MR) is 66.5 cm³/mol. The fourth-order valence-corrected chi connectivity index (χ4v) is 3.64. The van der Waals surface area contributed by atoms with Gasteiger partial charge in [-0.2, -0.15) is 9.40 Å². The lowest BCUT2D eigenvalue weighted by molar-refractivity contribution is 0.0393. The van der Waals surface area contributed by atoms with Crippen molar-refractivity contribution in [2.75, 3.05) is 25.5 Å². The molecule has 0 bridgehead atoms. The molecule has 0 amide bonds. The van der Waals surface area contributed by atoms with Gasteiger partial charge in [-0.25, -0.2) is 8.42 Å². The zero-order chi connectivity index (χ0) is 13.3. The molecule has 8 heteroatoms. The molecule has 0 radical (unpaired) electrons. The van der Waals surface area contributed by atoms with Crippen LogP contribution in [0.15, 0.2) is 11.1 Å². The summed E-state index contributed by atoms with van der Waals surface area (Å²) in [6.45, 7) is 5.43. The van der Waals surface area contributed by atoms with Gasteiger partial charge in [-0.3, -0.25) is 4.68 Å². The van der Waals surface area contributed by atoms with Crippen LogP contribution in [-0.4, -0.2) is 48.3 Å². The number of ether oxygens (including phenoxy) is 1. The molecule has 1 saturated heterocycles. The Labute approximate surface area is 107 Å². The average Bonchev–Trinajstić information content (AvgIpc) is 2.71. The van der Waals surface area contributed by atoms with E-state index in [-0.39, 0.29) is 16.8 Å².